The van der Waals surface area contributed by atoms with Crippen molar-refractivity contribution in [1.82, 2.24) is 10.2 Å². The second-order valence-corrected chi connectivity index (χ2v) is 7.84. The number of rotatable bonds is 8. The molecule has 0 bridgehead atoms. The van der Waals surface area contributed by atoms with E-state index in [1.165, 1.54) is 4.90 Å². The lowest BCUT2D eigenvalue weighted by molar-refractivity contribution is -0.142. The number of ether oxygens (including phenoxy) is 1. The van der Waals surface area contributed by atoms with Crippen LogP contribution in [0, 0.1) is 0 Å². The van der Waals surface area contributed by atoms with Crippen molar-refractivity contribution in [1.29, 1.82) is 0 Å². The molecule has 1 atom stereocenters. The van der Waals surface area contributed by atoms with Crippen LogP contribution >= 0.6 is 39.1 Å². The summed E-state index contributed by atoms with van der Waals surface area (Å²) in [6.07, 6.45) is 0. The van der Waals surface area contributed by atoms with Crippen LogP contribution in [0.5, 0.6) is 5.75 Å². The van der Waals surface area contributed by atoms with Gasteiger partial charge in [0.25, 0.3) is 5.91 Å². The Morgan fingerprint density at radius 2 is 1.86 bits per heavy atom. The molecule has 0 heterocycles. The molecule has 28 heavy (non-hydrogen) atoms. The van der Waals surface area contributed by atoms with E-state index in [0.29, 0.717) is 22.3 Å². The third kappa shape index (κ3) is 6.40. The van der Waals surface area contributed by atoms with Crippen LogP contribution in [0.4, 0.5) is 0 Å². The number of nitrogens with one attached hydrogen (secondary N) is 1. The second kappa shape index (κ2) is 10.7. The molecule has 0 aliphatic heterocycles. The van der Waals surface area contributed by atoms with Crippen LogP contribution in [0.15, 0.2) is 46.9 Å². The molecule has 0 saturated heterocycles. The minimum Gasteiger partial charge on any atom is -0.482 e. The maximum absolute atomic E-state index is 12.9. The molecule has 2 aromatic carbocycles. The summed E-state index contributed by atoms with van der Waals surface area (Å²) in [5.74, 6) is -0.196. The predicted octanol–water partition coefficient (Wildman–Crippen LogP) is 4.69. The van der Waals surface area contributed by atoms with Gasteiger partial charge in [0.15, 0.2) is 6.61 Å². The van der Waals surface area contributed by atoms with Crippen molar-refractivity contribution in [3.05, 3.63) is 62.5 Å². The highest BCUT2D eigenvalue weighted by Gasteiger charge is 2.26. The van der Waals surface area contributed by atoms with E-state index in [4.69, 9.17) is 27.9 Å². The van der Waals surface area contributed by atoms with Gasteiger partial charge in [-0.25, -0.2) is 0 Å². The molecular formula is C20H21BrCl2N2O3. The number of amides is 2. The lowest BCUT2D eigenvalue weighted by Crippen LogP contribution is -2.49. The molecule has 0 aliphatic rings. The van der Waals surface area contributed by atoms with Crippen molar-refractivity contribution in [2.24, 2.45) is 0 Å². The Labute approximate surface area is 183 Å². The number of nitrogens with zero attached hydrogens (tertiary/aromatic N) is 1. The molecule has 0 radical (unpaired) electrons. The highest BCUT2D eigenvalue weighted by molar-refractivity contribution is 9.10. The quantitative estimate of drug-likeness (QED) is 0.587. The molecule has 2 aromatic rings. The Morgan fingerprint density at radius 3 is 2.46 bits per heavy atom. The Morgan fingerprint density at radius 1 is 1.18 bits per heavy atom. The molecule has 1 N–H and O–H groups in total. The fourth-order valence-corrected chi connectivity index (χ4v) is 3.23. The Balaban J connectivity index is 2.15. The number of carbonyl (C=O) groups excluding carboxylic acids is 2. The van der Waals surface area contributed by atoms with Gasteiger partial charge in [-0.15, -0.1) is 0 Å². The number of likely N-dealkylation sites (N-methyl/N-ethyl adjacent to an activating group) is 1. The van der Waals surface area contributed by atoms with Crippen molar-refractivity contribution in [2.75, 3.05) is 13.2 Å². The zero-order valence-corrected chi connectivity index (χ0v) is 18.6. The number of carbonyl (C=O) groups is 2. The molecule has 8 heteroatoms. The van der Waals surface area contributed by atoms with E-state index in [1.807, 2.05) is 31.2 Å². The molecule has 0 fully saturated rings. The normalized spacial score (nSPS) is 11.6. The van der Waals surface area contributed by atoms with Gasteiger partial charge in [0, 0.05) is 22.6 Å². The SMILES string of the molecule is CCNC(=O)[C@H](C)N(Cc1ccc(Br)cc1)C(=O)COc1ccc(Cl)cc1Cl. The van der Waals surface area contributed by atoms with E-state index in [2.05, 4.69) is 21.2 Å². The summed E-state index contributed by atoms with van der Waals surface area (Å²) in [6.45, 7) is 4.04. The van der Waals surface area contributed by atoms with Gasteiger partial charge in [-0.2, -0.15) is 0 Å². The summed E-state index contributed by atoms with van der Waals surface area (Å²) < 4.78 is 6.50. The third-order valence-electron chi connectivity index (χ3n) is 4.03. The van der Waals surface area contributed by atoms with Crippen LogP contribution in [-0.2, 0) is 16.1 Å². The fraction of sp³-hybridized carbons (Fsp3) is 0.300. The van der Waals surface area contributed by atoms with Gasteiger partial charge in [-0.3, -0.25) is 9.59 Å². The lowest BCUT2D eigenvalue weighted by Gasteiger charge is -2.28. The van der Waals surface area contributed by atoms with Gasteiger partial charge in [-0.1, -0.05) is 51.3 Å². The minimum atomic E-state index is -0.652. The van der Waals surface area contributed by atoms with Gasteiger partial charge in [0.1, 0.15) is 11.8 Å². The van der Waals surface area contributed by atoms with Crippen molar-refractivity contribution in [3.63, 3.8) is 0 Å². The molecular weight excluding hydrogens is 467 g/mol. The average molecular weight is 488 g/mol. The van der Waals surface area contributed by atoms with Crippen LogP contribution in [0.3, 0.4) is 0 Å². The summed E-state index contributed by atoms with van der Waals surface area (Å²) in [5, 5.41) is 3.54. The Kier molecular flexibility index (Phi) is 8.60. The topological polar surface area (TPSA) is 58.6 Å². The van der Waals surface area contributed by atoms with E-state index < -0.39 is 6.04 Å². The van der Waals surface area contributed by atoms with Crippen LogP contribution in [-0.4, -0.2) is 35.9 Å². The number of benzene rings is 2. The Hall–Kier alpha value is -1.76. The maximum Gasteiger partial charge on any atom is 0.261 e. The first kappa shape index (κ1) is 22.5. The van der Waals surface area contributed by atoms with E-state index in [9.17, 15) is 9.59 Å². The highest BCUT2D eigenvalue weighted by atomic mass is 79.9. The van der Waals surface area contributed by atoms with Crippen LogP contribution in [0.2, 0.25) is 10.0 Å². The van der Waals surface area contributed by atoms with Crippen LogP contribution in [0.25, 0.3) is 0 Å². The number of halogens is 3. The third-order valence-corrected chi connectivity index (χ3v) is 5.09. The first-order valence-corrected chi connectivity index (χ1v) is 10.3. The van der Waals surface area contributed by atoms with Crippen molar-refractivity contribution < 1.29 is 14.3 Å². The summed E-state index contributed by atoms with van der Waals surface area (Å²) in [6, 6.07) is 11.7. The summed E-state index contributed by atoms with van der Waals surface area (Å²) in [7, 11) is 0. The maximum atomic E-state index is 12.9. The zero-order chi connectivity index (χ0) is 20.7. The summed E-state index contributed by atoms with van der Waals surface area (Å²) in [4.78, 5) is 26.7. The summed E-state index contributed by atoms with van der Waals surface area (Å²) in [5.41, 5.74) is 0.900. The highest BCUT2D eigenvalue weighted by Crippen LogP contribution is 2.27. The van der Waals surface area contributed by atoms with Crippen molar-refractivity contribution >= 4 is 50.9 Å². The van der Waals surface area contributed by atoms with Gasteiger partial charge >= 0.3 is 0 Å². The van der Waals surface area contributed by atoms with Gasteiger partial charge in [0.2, 0.25) is 5.91 Å². The molecule has 0 spiro atoms. The van der Waals surface area contributed by atoms with E-state index in [0.717, 1.165) is 10.0 Å². The minimum absolute atomic E-state index is 0.225. The molecule has 0 aromatic heterocycles. The molecule has 150 valence electrons. The molecule has 2 amide bonds. The monoisotopic (exact) mass is 486 g/mol. The zero-order valence-electron chi connectivity index (χ0n) is 15.5. The van der Waals surface area contributed by atoms with Crippen molar-refractivity contribution in [3.8, 4) is 5.75 Å². The molecule has 5 nitrogen and oxygen atoms in total. The summed E-state index contributed by atoms with van der Waals surface area (Å²) >= 11 is 15.4. The molecule has 0 aliphatic carbocycles. The smallest absolute Gasteiger partial charge is 0.261 e. The van der Waals surface area contributed by atoms with Gasteiger partial charge in [-0.05, 0) is 49.7 Å². The number of hydrogen-bond acceptors (Lipinski definition) is 3. The standard InChI is InChI=1S/C20H21BrCl2N2O3/c1-3-24-20(27)13(2)25(11-14-4-6-15(21)7-5-14)19(26)12-28-18-9-8-16(22)10-17(18)23/h4-10,13H,3,11-12H2,1-2H3,(H,24,27)/t13-/m0/s1. The van der Waals surface area contributed by atoms with E-state index in [-0.39, 0.29) is 25.0 Å². The largest absolute Gasteiger partial charge is 0.482 e. The van der Waals surface area contributed by atoms with E-state index in [1.54, 1.807) is 25.1 Å². The number of hydrogen-bond donors (Lipinski definition) is 1. The van der Waals surface area contributed by atoms with Gasteiger partial charge < -0.3 is 15.0 Å². The van der Waals surface area contributed by atoms with Crippen LogP contribution < -0.4 is 10.1 Å². The van der Waals surface area contributed by atoms with E-state index >= 15 is 0 Å². The lowest BCUT2D eigenvalue weighted by atomic mass is 10.1. The molecule has 2 rings (SSSR count). The van der Waals surface area contributed by atoms with Crippen LogP contribution in [0.1, 0.15) is 19.4 Å². The first-order chi connectivity index (χ1) is 13.3. The fourth-order valence-electron chi connectivity index (χ4n) is 2.51. The second-order valence-electron chi connectivity index (χ2n) is 6.08. The Bertz CT molecular complexity index is 831. The van der Waals surface area contributed by atoms with Gasteiger partial charge in [0.05, 0.1) is 5.02 Å². The molecule has 0 saturated carbocycles. The van der Waals surface area contributed by atoms with Crippen molar-refractivity contribution in [2.45, 2.75) is 26.4 Å². The first-order valence-electron chi connectivity index (χ1n) is 8.71. The predicted molar refractivity (Wildman–Crippen MR) is 115 cm³/mol. The average Bonchev–Trinajstić information content (AvgIpc) is 2.66. The molecule has 0 unspecified atom stereocenters.